The first-order chi connectivity index (χ1) is 8.00. The molecule has 0 atom stereocenters. The highest BCUT2D eigenvalue weighted by atomic mass is 16.2. The van der Waals surface area contributed by atoms with Crippen LogP contribution in [0.5, 0.6) is 0 Å². The third-order valence-electron chi connectivity index (χ3n) is 1.83. The Kier molecular flexibility index (Phi) is 4.21. The second kappa shape index (κ2) is 5.64. The molecule has 0 aliphatic carbocycles. The standard InChI is InChI=1S/C11H13N3O3/c1-7(15)12-10-6-4-3-5-9(10)11(17)14-13-8(2)16/h3-6H,1-2H3,(H,12,15)(H,13,16)(H,14,17). The van der Waals surface area contributed by atoms with Gasteiger partial charge in [0.15, 0.2) is 0 Å². The molecule has 1 aromatic rings. The molecule has 0 unspecified atom stereocenters. The Balaban J connectivity index is 2.85. The van der Waals surface area contributed by atoms with Gasteiger partial charge in [-0.1, -0.05) is 12.1 Å². The number of rotatable bonds is 2. The Morgan fingerprint density at radius 2 is 1.59 bits per heavy atom. The van der Waals surface area contributed by atoms with E-state index in [9.17, 15) is 14.4 Å². The van der Waals surface area contributed by atoms with Gasteiger partial charge in [-0.25, -0.2) is 0 Å². The zero-order valence-electron chi connectivity index (χ0n) is 9.53. The Hall–Kier alpha value is -2.37. The van der Waals surface area contributed by atoms with E-state index < -0.39 is 5.91 Å². The summed E-state index contributed by atoms with van der Waals surface area (Å²) in [4.78, 5) is 33.3. The van der Waals surface area contributed by atoms with Gasteiger partial charge in [0.25, 0.3) is 5.91 Å². The van der Waals surface area contributed by atoms with E-state index >= 15 is 0 Å². The van der Waals surface area contributed by atoms with Crippen LogP contribution in [0.25, 0.3) is 0 Å². The van der Waals surface area contributed by atoms with Crippen molar-refractivity contribution in [3.63, 3.8) is 0 Å². The SMILES string of the molecule is CC(=O)NNC(=O)c1ccccc1NC(C)=O. The van der Waals surface area contributed by atoms with Crippen molar-refractivity contribution in [2.24, 2.45) is 0 Å². The smallest absolute Gasteiger partial charge is 0.271 e. The van der Waals surface area contributed by atoms with Gasteiger partial charge in [-0.2, -0.15) is 0 Å². The summed E-state index contributed by atoms with van der Waals surface area (Å²) in [6.07, 6.45) is 0. The maximum absolute atomic E-state index is 11.7. The molecule has 1 aromatic carbocycles. The van der Waals surface area contributed by atoms with Crippen molar-refractivity contribution >= 4 is 23.4 Å². The molecule has 0 saturated heterocycles. The van der Waals surface area contributed by atoms with Crippen LogP contribution in [0, 0.1) is 0 Å². The van der Waals surface area contributed by atoms with Crippen LogP contribution in [0.2, 0.25) is 0 Å². The maximum Gasteiger partial charge on any atom is 0.271 e. The van der Waals surface area contributed by atoms with Gasteiger partial charge in [0.1, 0.15) is 0 Å². The average Bonchev–Trinajstić information content (AvgIpc) is 2.25. The molecule has 3 amide bonds. The predicted octanol–water partition coefficient (Wildman–Crippen LogP) is 0.426. The van der Waals surface area contributed by atoms with E-state index in [0.717, 1.165) is 0 Å². The summed E-state index contributed by atoms with van der Waals surface area (Å²) in [6, 6.07) is 6.50. The summed E-state index contributed by atoms with van der Waals surface area (Å²) < 4.78 is 0. The molecule has 0 saturated carbocycles. The number of amides is 3. The number of carbonyl (C=O) groups is 3. The van der Waals surface area contributed by atoms with E-state index in [1.807, 2.05) is 0 Å². The molecule has 6 heteroatoms. The Labute approximate surface area is 98.4 Å². The van der Waals surface area contributed by atoms with E-state index in [1.54, 1.807) is 24.3 Å². The molecule has 0 bridgehead atoms. The number of para-hydroxylation sites is 1. The van der Waals surface area contributed by atoms with E-state index in [-0.39, 0.29) is 17.4 Å². The molecule has 0 radical (unpaired) electrons. The predicted molar refractivity (Wildman–Crippen MR) is 62.0 cm³/mol. The molecule has 17 heavy (non-hydrogen) atoms. The first-order valence-electron chi connectivity index (χ1n) is 4.94. The summed E-state index contributed by atoms with van der Waals surface area (Å²) in [5.41, 5.74) is 5.06. The lowest BCUT2D eigenvalue weighted by molar-refractivity contribution is -0.119. The lowest BCUT2D eigenvalue weighted by Crippen LogP contribution is -2.40. The number of nitrogens with one attached hydrogen (secondary N) is 3. The van der Waals surface area contributed by atoms with Gasteiger partial charge in [-0.05, 0) is 12.1 Å². The molecule has 1 rings (SSSR count). The summed E-state index contributed by atoms with van der Waals surface area (Å²) >= 11 is 0. The highest BCUT2D eigenvalue weighted by molar-refractivity contribution is 6.03. The molecule has 0 aromatic heterocycles. The molecule has 0 fully saturated rings. The van der Waals surface area contributed by atoms with Gasteiger partial charge in [-0.15, -0.1) is 0 Å². The number of hydrogen-bond acceptors (Lipinski definition) is 3. The Morgan fingerprint density at radius 1 is 0.941 bits per heavy atom. The highest BCUT2D eigenvalue weighted by Crippen LogP contribution is 2.14. The second-order valence-electron chi connectivity index (χ2n) is 3.36. The van der Waals surface area contributed by atoms with Crippen molar-refractivity contribution in [1.82, 2.24) is 10.9 Å². The summed E-state index contributed by atoms with van der Waals surface area (Å²) in [5, 5.41) is 2.53. The van der Waals surface area contributed by atoms with E-state index in [1.165, 1.54) is 13.8 Å². The molecule has 90 valence electrons. The molecule has 0 spiro atoms. The quantitative estimate of drug-likeness (QED) is 0.649. The molecule has 0 aliphatic heterocycles. The summed E-state index contributed by atoms with van der Waals surface area (Å²) in [7, 11) is 0. The fraction of sp³-hybridized carbons (Fsp3) is 0.182. The Bertz CT molecular complexity index is 457. The maximum atomic E-state index is 11.7. The Morgan fingerprint density at radius 3 is 2.18 bits per heavy atom. The van der Waals surface area contributed by atoms with Crippen LogP contribution < -0.4 is 16.2 Å². The largest absolute Gasteiger partial charge is 0.326 e. The van der Waals surface area contributed by atoms with E-state index in [4.69, 9.17) is 0 Å². The van der Waals surface area contributed by atoms with Crippen molar-refractivity contribution in [3.05, 3.63) is 29.8 Å². The first-order valence-corrected chi connectivity index (χ1v) is 4.94. The number of carbonyl (C=O) groups excluding carboxylic acids is 3. The molecular formula is C11H13N3O3. The fourth-order valence-corrected chi connectivity index (χ4v) is 1.19. The van der Waals surface area contributed by atoms with Crippen LogP contribution in [0.15, 0.2) is 24.3 Å². The van der Waals surface area contributed by atoms with Crippen molar-refractivity contribution < 1.29 is 14.4 Å². The van der Waals surface area contributed by atoms with Crippen molar-refractivity contribution in [3.8, 4) is 0 Å². The minimum absolute atomic E-state index is 0.273. The van der Waals surface area contributed by atoms with Gasteiger partial charge in [-0.3, -0.25) is 25.2 Å². The molecule has 3 N–H and O–H groups in total. The second-order valence-corrected chi connectivity index (χ2v) is 3.36. The number of anilines is 1. The lowest BCUT2D eigenvalue weighted by atomic mass is 10.1. The number of benzene rings is 1. The third-order valence-corrected chi connectivity index (χ3v) is 1.83. The van der Waals surface area contributed by atoms with Gasteiger partial charge in [0, 0.05) is 13.8 Å². The minimum Gasteiger partial charge on any atom is -0.326 e. The molecule has 0 heterocycles. The van der Waals surface area contributed by atoms with Crippen LogP contribution in [-0.2, 0) is 9.59 Å². The highest BCUT2D eigenvalue weighted by Gasteiger charge is 2.11. The van der Waals surface area contributed by atoms with Crippen LogP contribution in [0.1, 0.15) is 24.2 Å². The molecular weight excluding hydrogens is 222 g/mol. The normalized spacial score (nSPS) is 9.29. The number of hydrazine groups is 1. The zero-order valence-corrected chi connectivity index (χ0v) is 9.53. The molecule has 6 nitrogen and oxygen atoms in total. The summed E-state index contributed by atoms with van der Waals surface area (Å²) in [5.74, 6) is -1.15. The van der Waals surface area contributed by atoms with E-state index in [2.05, 4.69) is 16.2 Å². The third kappa shape index (κ3) is 3.94. The summed E-state index contributed by atoms with van der Waals surface area (Å²) in [6.45, 7) is 2.63. The van der Waals surface area contributed by atoms with Crippen molar-refractivity contribution in [2.45, 2.75) is 13.8 Å². The van der Waals surface area contributed by atoms with Crippen LogP contribution in [0.3, 0.4) is 0 Å². The van der Waals surface area contributed by atoms with Gasteiger partial charge >= 0.3 is 0 Å². The van der Waals surface area contributed by atoms with Gasteiger partial charge in [0.2, 0.25) is 11.8 Å². The van der Waals surface area contributed by atoms with Crippen molar-refractivity contribution in [1.29, 1.82) is 0 Å². The minimum atomic E-state index is -0.496. The average molecular weight is 235 g/mol. The van der Waals surface area contributed by atoms with Gasteiger partial charge in [0.05, 0.1) is 11.3 Å². The first kappa shape index (κ1) is 12.7. The fourth-order valence-electron chi connectivity index (χ4n) is 1.19. The topological polar surface area (TPSA) is 87.3 Å². The van der Waals surface area contributed by atoms with Crippen LogP contribution in [-0.4, -0.2) is 17.7 Å². The van der Waals surface area contributed by atoms with E-state index in [0.29, 0.717) is 5.69 Å². The van der Waals surface area contributed by atoms with Crippen LogP contribution >= 0.6 is 0 Å². The zero-order chi connectivity index (χ0) is 12.8. The number of hydrogen-bond donors (Lipinski definition) is 3. The lowest BCUT2D eigenvalue weighted by Gasteiger charge is -2.10. The van der Waals surface area contributed by atoms with Crippen LogP contribution in [0.4, 0.5) is 5.69 Å². The monoisotopic (exact) mass is 235 g/mol. The van der Waals surface area contributed by atoms with Gasteiger partial charge < -0.3 is 5.32 Å². The van der Waals surface area contributed by atoms with Crippen molar-refractivity contribution in [2.75, 3.05) is 5.32 Å². The molecule has 0 aliphatic rings.